The number of hydrogen-bond acceptors (Lipinski definition) is 5. The lowest BCUT2D eigenvalue weighted by molar-refractivity contribution is -0.530. The summed E-state index contributed by atoms with van der Waals surface area (Å²) >= 11 is 7.06. The van der Waals surface area contributed by atoms with Gasteiger partial charge in [-0.2, -0.15) is 9.20 Å². The van der Waals surface area contributed by atoms with Gasteiger partial charge in [-0.05, 0) is 23.8 Å². The largest absolute Gasteiger partial charge is 0.573 e. The summed E-state index contributed by atoms with van der Waals surface area (Å²) in [4.78, 5) is 17.4. The second kappa shape index (κ2) is 7.62. The van der Waals surface area contributed by atoms with Crippen LogP contribution in [0, 0.1) is 0 Å². The molecule has 1 aromatic carbocycles. The van der Waals surface area contributed by atoms with E-state index in [-0.39, 0.29) is 18.0 Å². The van der Waals surface area contributed by atoms with Crippen LogP contribution >= 0.6 is 22.9 Å². The molecule has 0 spiro atoms. The van der Waals surface area contributed by atoms with Crippen molar-refractivity contribution in [2.45, 2.75) is 12.8 Å². The number of rotatable bonds is 4. The molecule has 0 saturated heterocycles. The number of alkyl halides is 3. The van der Waals surface area contributed by atoms with Gasteiger partial charge in [-0.15, -0.1) is 17.7 Å². The van der Waals surface area contributed by atoms with Gasteiger partial charge in [-0.1, -0.05) is 35.1 Å². The minimum absolute atomic E-state index is 0.0235. The standard InChI is InChI=1S/C19H11ClF3N3O3S/c20-15-5-4-11(10-24-15)8-14-16(27)26(18(28)25-6-7-30-17(14)25)12-2-1-3-13(9-12)29-19(21,22)23/h1-7,9-10H,8H2/p+1. The lowest BCUT2D eigenvalue weighted by Gasteiger charge is -2.10. The van der Waals surface area contributed by atoms with Crippen LogP contribution in [0.5, 0.6) is 11.6 Å². The zero-order chi connectivity index (χ0) is 21.5. The first-order chi connectivity index (χ1) is 14.2. The highest BCUT2D eigenvalue weighted by Crippen LogP contribution is 2.29. The Morgan fingerprint density at radius 1 is 1.27 bits per heavy atom. The van der Waals surface area contributed by atoms with Gasteiger partial charge in [-0.3, -0.25) is 0 Å². The van der Waals surface area contributed by atoms with E-state index in [1.54, 1.807) is 23.7 Å². The minimum Gasteiger partial charge on any atom is -0.477 e. The summed E-state index contributed by atoms with van der Waals surface area (Å²) in [6, 6.07) is 8.16. The Labute approximate surface area is 176 Å². The van der Waals surface area contributed by atoms with Crippen LogP contribution in [0.1, 0.15) is 11.1 Å². The van der Waals surface area contributed by atoms with Crippen LogP contribution in [0.2, 0.25) is 5.15 Å². The molecule has 0 saturated carbocycles. The van der Waals surface area contributed by atoms with Gasteiger partial charge in [-0.25, -0.2) is 4.98 Å². The van der Waals surface area contributed by atoms with Gasteiger partial charge in [0, 0.05) is 24.1 Å². The molecule has 4 rings (SSSR count). The fourth-order valence-corrected chi connectivity index (χ4v) is 3.98. The summed E-state index contributed by atoms with van der Waals surface area (Å²) in [5.41, 5.74) is 0.529. The van der Waals surface area contributed by atoms with Crippen LogP contribution in [0.15, 0.2) is 59.0 Å². The Hall–Kier alpha value is -3.11. The average molecular weight is 455 g/mol. The summed E-state index contributed by atoms with van der Waals surface area (Å²) in [7, 11) is 0. The molecule has 3 aromatic heterocycles. The van der Waals surface area contributed by atoms with Gasteiger partial charge in [0.25, 0.3) is 5.88 Å². The third-order valence-electron chi connectivity index (χ3n) is 4.22. The van der Waals surface area contributed by atoms with E-state index in [1.807, 2.05) is 0 Å². The second-order valence-corrected chi connectivity index (χ2v) is 7.49. The van der Waals surface area contributed by atoms with E-state index in [4.69, 9.17) is 11.6 Å². The summed E-state index contributed by atoms with van der Waals surface area (Å²) in [5, 5.41) is 12.9. The molecule has 0 fully saturated rings. The first-order valence-electron chi connectivity index (χ1n) is 8.45. The minimum atomic E-state index is -4.88. The van der Waals surface area contributed by atoms with E-state index in [0.29, 0.717) is 15.5 Å². The number of benzene rings is 1. The molecule has 0 bridgehead atoms. The molecular weight excluding hydrogens is 443 g/mol. The van der Waals surface area contributed by atoms with E-state index in [0.717, 1.165) is 22.3 Å². The van der Waals surface area contributed by atoms with Gasteiger partial charge in [0.1, 0.15) is 28.4 Å². The summed E-state index contributed by atoms with van der Waals surface area (Å²) in [6.45, 7) is 0. The highest BCUT2D eigenvalue weighted by atomic mass is 35.5. The zero-order valence-electron chi connectivity index (χ0n) is 14.9. The maximum Gasteiger partial charge on any atom is 0.573 e. The smallest absolute Gasteiger partial charge is 0.477 e. The van der Waals surface area contributed by atoms with Crippen molar-refractivity contribution in [1.82, 2.24) is 9.55 Å². The molecule has 11 heteroatoms. The predicted molar refractivity (Wildman–Crippen MR) is 103 cm³/mol. The molecule has 6 nitrogen and oxygen atoms in total. The molecule has 0 aliphatic heterocycles. The molecular formula is C19H12ClF3N3O3S+. The maximum atomic E-state index is 12.9. The fraction of sp³-hybridized carbons (Fsp3) is 0.105. The highest BCUT2D eigenvalue weighted by Gasteiger charge is 2.32. The molecule has 3 heterocycles. The third kappa shape index (κ3) is 3.96. The molecule has 30 heavy (non-hydrogen) atoms. The van der Waals surface area contributed by atoms with E-state index in [2.05, 4.69) is 9.72 Å². The fourth-order valence-electron chi connectivity index (χ4n) is 3.00. The van der Waals surface area contributed by atoms with Gasteiger partial charge in [0.15, 0.2) is 0 Å². The van der Waals surface area contributed by atoms with E-state index in [9.17, 15) is 23.1 Å². The Balaban J connectivity index is 1.88. The first kappa shape index (κ1) is 20.2. The Morgan fingerprint density at radius 2 is 2.07 bits per heavy atom. The van der Waals surface area contributed by atoms with Crippen LogP contribution in [-0.4, -0.2) is 21.0 Å². The number of ether oxygens (including phenoxy) is 1. The van der Waals surface area contributed by atoms with Crippen LogP contribution in [0.25, 0.3) is 10.5 Å². The molecule has 0 aliphatic rings. The molecule has 0 aliphatic carbocycles. The van der Waals surface area contributed by atoms with Crippen molar-refractivity contribution in [3.05, 3.63) is 80.9 Å². The average Bonchev–Trinajstić information content (AvgIpc) is 3.16. The number of aromatic nitrogens is 3. The monoisotopic (exact) mass is 454 g/mol. The second-order valence-electron chi connectivity index (χ2n) is 6.21. The van der Waals surface area contributed by atoms with E-state index >= 15 is 0 Å². The first-order valence-corrected chi connectivity index (χ1v) is 9.71. The van der Waals surface area contributed by atoms with Gasteiger partial charge < -0.3 is 9.84 Å². The number of halogens is 4. The SMILES string of the molecule is O=c1n(-c2cccc(OC(F)(F)F)c2)c(O)c(Cc2ccc(Cl)nc2)c2scc[n+]12. The van der Waals surface area contributed by atoms with Crippen LogP contribution in [-0.2, 0) is 6.42 Å². The topological polar surface area (TPSA) is 68.4 Å². The van der Waals surface area contributed by atoms with Crippen molar-refractivity contribution in [2.75, 3.05) is 0 Å². The number of nitrogens with zero attached hydrogens (tertiary/aromatic N) is 3. The summed E-state index contributed by atoms with van der Waals surface area (Å²) < 4.78 is 43.9. The number of pyridine rings is 1. The van der Waals surface area contributed by atoms with Crippen LogP contribution < -0.4 is 14.8 Å². The van der Waals surface area contributed by atoms with Gasteiger partial charge in [0.05, 0.1) is 0 Å². The maximum absolute atomic E-state index is 12.9. The van der Waals surface area contributed by atoms with Crippen molar-refractivity contribution >= 4 is 27.8 Å². The van der Waals surface area contributed by atoms with Crippen molar-refractivity contribution < 1.29 is 27.4 Å². The van der Waals surface area contributed by atoms with E-state index in [1.165, 1.54) is 34.1 Å². The van der Waals surface area contributed by atoms with Crippen molar-refractivity contribution in [1.29, 1.82) is 0 Å². The van der Waals surface area contributed by atoms with Crippen molar-refractivity contribution in [3.63, 3.8) is 0 Å². The van der Waals surface area contributed by atoms with Crippen LogP contribution in [0.3, 0.4) is 0 Å². The summed E-state index contributed by atoms with van der Waals surface area (Å²) in [5.74, 6) is -0.897. The Bertz CT molecular complexity index is 1290. The number of fused-ring (bicyclic) bond motifs is 1. The molecule has 154 valence electrons. The van der Waals surface area contributed by atoms with Gasteiger partial charge >= 0.3 is 12.1 Å². The predicted octanol–water partition coefficient (Wildman–Crippen LogP) is 3.88. The number of aromatic hydroxyl groups is 1. The number of hydrogen-bond donors (Lipinski definition) is 1. The highest BCUT2D eigenvalue weighted by molar-refractivity contribution is 7.15. The van der Waals surface area contributed by atoms with Crippen LogP contribution in [0.4, 0.5) is 13.2 Å². The normalized spacial score (nSPS) is 11.7. The van der Waals surface area contributed by atoms with Crippen molar-refractivity contribution in [3.8, 4) is 17.3 Å². The molecule has 4 aromatic rings. The number of thiazole rings is 1. The lowest BCUT2D eigenvalue weighted by atomic mass is 10.1. The molecule has 0 atom stereocenters. The quantitative estimate of drug-likeness (QED) is 0.375. The summed E-state index contributed by atoms with van der Waals surface area (Å²) in [6.07, 6.45) is -1.60. The van der Waals surface area contributed by atoms with E-state index < -0.39 is 17.8 Å². The molecule has 0 amide bonds. The third-order valence-corrected chi connectivity index (χ3v) is 5.37. The Kier molecular flexibility index (Phi) is 5.12. The molecule has 0 unspecified atom stereocenters. The van der Waals surface area contributed by atoms with Crippen molar-refractivity contribution in [2.24, 2.45) is 0 Å². The Morgan fingerprint density at radius 3 is 2.77 bits per heavy atom. The van der Waals surface area contributed by atoms with Gasteiger partial charge in [0.2, 0.25) is 4.83 Å². The molecule has 0 radical (unpaired) electrons. The lowest BCUT2D eigenvalue weighted by Crippen LogP contribution is -2.45. The zero-order valence-corrected chi connectivity index (χ0v) is 16.5. The molecule has 1 N–H and O–H groups in total.